The molecule has 0 unspecified atom stereocenters. The Bertz CT molecular complexity index is 999. The molecule has 1 aromatic heterocycles. The normalized spacial score (nSPS) is 20.5. The second-order valence-corrected chi connectivity index (χ2v) is 9.29. The lowest BCUT2D eigenvalue weighted by Gasteiger charge is -2.30. The minimum Gasteiger partial charge on any atom is -0.268 e. The number of fused-ring (bicyclic) bond motifs is 1. The number of rotatable bonds is 4. The van der Waals surface area contributed by atoms with Crippen molar-refractivity contribution in [2.24, 2.45) is 5.92 Å². The highest BCUT2D eigenvalue weighted by Gasteiger charge is 2.36. The number of carbonyl (C=O) groups is 2. The highest BCUT2D eigenvalue weighted by atomic mass is 32.2. The molecule has 0 radical (unpaired) electrons. The first kappa shape index (κ1) is 18.8. The smallest absolute Gasteiger partial charge is 0.268 e. The van der Waals surface area contributed by atoms with E-state index in [1.165, 1.54) is 10.5 Å². The van der Waals surface area contributed by atoms with Crippen molar-refractivity contribution in [2.45, 2.75) is 31.2 Å². The third-order valence-corrected chi connectivity index (χ3v) is 7.13. The molecular formula is C20H21N3O4S. The largest absolute Gasteiger partial charge is 0.280 e. The van der Waals surface area contributed by atoms with Crippen molar-refractivity contribution >= 4 is 21.8 Å². The van der Waals surface area contributed by atoms with Crippen LogP contribution in [0.5, 0.6) is 0 Å². The molecule has 1 atom stereocenters. The number of amides is 2. The van der Waals surface area contributed by atoms with Gasteiger partial charge in [0.25, 0.3) is 11.8 Å². The zero-order valence-corrected chi connectivity index (χ0v) is 16.4. The number of nitrogens with zero attached hydrogens (tertiary/aromatic N) is 3. The summed E-state index contributed by atoms with van der Waals surface area (Å²) in [7, 11) is -3.53. The van der Waals surface area contributed by atoms with Crippen molar-refractivity contribution in [3.05, 3.63) is 59.4 Å². The number of benzene rings is 1. The van der Waals surface area contributed by atoms with Crippen LogP contribution < -0.4 is 0 Å². The molecule has 28 heavy (non-hydrogen) atoms. The number of piperidine rings is 1. The van der Waals surface area contributed by atoms with E-state index in [1.54, 1.807) is 36.4 Å². The standard InChI is InChI=1S/C20H21N3O4S/c1-14-4-3-11-22(12-14)28(26,27)16-8-6-15(7-9-16)13-23-19(24)17-5-2-10-21-18(17)20(23)25/h2,5-10,14H,3-4,11-13H2,1H3/t14-/m0/s1. The lowest BCUT2D eigenvalue weighted by atomic mass is 10.0. The van der Waals surface area contributed by atoms with Crippen molar-refractivity contribution < 1.29 is 18.0 Å². The van der Waals surface area contributed by atoms with E-state index in [9.17, 15) is 18.0 Å². The van der Waals surface area contributed by atoms with Gasteiger partial charge >= 0.3 is 0 Å². The monoisotopic (exact) mass is 399 g/mol. The molecule has 0 N–H and O–H groups in total. The van der Waals surface area contributed by atoms with Crippen LogP contribution in [0.2, 0.25) is 0 Å². The fourth-order valence-electron chi connectivity index (χ4n) is 3.72. The lowest BCUT2D eigenvalue weighted by Crippen LogP contribution is -2.39. The fourth-order valence-corrected chi connectivity index (χ4v) is 5.32. The Kier molecular flexibility index (Phi) is 4.76. The maximum atomic E-state index is 12.8. The van der Waals surface area contributed by atoms with Gasteiger partial charge < -0.3 is 0 Å². The van der Waals surface area contributed by atoms with Crippen LogP contribution in [-0.4, -0.2) is 47.5 Å². The Balaban J connectivity index is 1.52. The zero-order valence-electron chi connectivity index (χ0n) is 15.5. The van der Waals surface area contributed by atoms with E-state index in [-0.39, 0.29) is 23.0 Å². The predicted molar refractivity (Wildman–Crippen MR) is 102 cm³/mol. The number of sulfonamides is 1. The Morgan fingerprint density at radius 2 is 1.86 bits per heavy atom. The van der Waals surface area contributed by atoms with Crippen LogP contribution in [-0.2, 0) is 16.6 Å². The molecule has 8 heteroatoms. The molecular weight excluding hydrogens is 378 g/mol. The number of imide groups is 1. The Hall–Kier alpha value is -2.58. The van der Waals surface area contributed by atoms with Gasteiger partial charge in [-0.05, 0) is 48.6 Å². The van der Waals surface area contributed by atoms with Gasteiger partial charge in [0.1, 0.15) is 5.69 Å². The van der Waals surface area contributed by atoms with Crippen molar-refractivity contribution in [2.75, 3.05) is 13.1 Å². The third-order valence-electron chi connectivity index (χ3n) is 5.25. The molecule has 1 fully saturated rings. The van der Waals surface area contributed by atoms with Gasteiger partial charge in [-0.2, -0.15) is 4.31 Å². The third kappa shape index (κ3) is 3.22. The summed E-state index contributed by atoms with van der Waals surface area (Å²) in [6.45, 7) is 3.21. The van der Waals surface area contributed by atoms with Crippen molar-refractivity contribution in [3.63, 3.8) is 0 Å². The minimum absolute atomic E-state index is 0.0785. The van der Waals surface area contributed by atoms with Crippen molar-refractivity contribution in [3.8, 4) is 0 Å². The molecule has 3 heterocycles. The van der Waals surface area contributed by atoms with Crippen LogP contribution in [0.25, 0.3) is 0 Å². The summed E-state index contributed by atoms with van der Waals surface area (Å²) in [5.41, 5.74) is 1.14. The van der Waals surface area contributed by atoms with E-state index < -0.39 is 15.9 Å². The molecule has 0 saturated carbocycles. The van der Waals surface area contributed by atoms with Gasteiger partial charge in [0.05, 0.1) is 17.0 Å². The zero-order chi connectivity index (χ0) is 19.9. The average Bonchev–Trinajstić information content (AvgIpc) is 2.94. The van der Waals surface area contributed by atoms with E-state index in [0.717, 1.165) is 17.7 Å². The number of carbonyl (C=O) groups excluding carboxylic acids is 2. The van der Waals surface area contributed by atoms with Gasteiger partial charge in [0.2, 0.25) is 10.0 Å². The van der Waals surface area contributed by atoms with Crippen LogP contribution in [0.15, 0.2) is 47.5 Å². The summed E-state index contributed by atoms with van der Waals surface area (Å²) in [4.78, 5) is 30.2. The molecule has 1 saturated heterocycles. The van der Waals surface area contributed by atoms with E-state index in [4.69, 9.17) is 0 Å². The van der Waals surface area contributed by atoms with Gasteiger partial charge in [-0.3, -0.25) is 19.5 Å². The fraction of sp³-hybridized carbons (Fsp3) is 0.350. The molecule has 4 rings (SSSR count). The summed E-state index contributed by atoms with van der Waals surface area (Å²) in [6.07, 6.45) is 3.39. The van der Waals surface area contributed by atoms with Crippen molar-refractivity contribution in [1.29, 1.82) is 0 Å². The topological polar surface area (TPSA) is 87.7 Å². The highest BCUT2D eigenvalue weighted by Crippen LogP contribution is 2.25. The summed E-state index contributed by atoms with van der Waals surface area (Å²) >= 11 is 0. The lowest BCUT2D eigenvalue weighted by molar-refractivity contribution is 0.0640. The Morgan fingerprint density at radius 3 is 2.54 bits per heavy atom. The SMILES string of the molecule is C[C@H]1CCCN(S(=O)(=O)c2ccc(CN3C(=O)c4cccnc4C3=O)cc2)C1. The number of hydrogen-bond acceptors (Lipinski definition) is 5. The van der Waals surface area contributed by atoms with Crippen LogP contribution in [0.1, 0.15) is 46.2 Å². The number of aromatic nitrogens is 1. The van der Waals surface area contributed by atoms with Crippen LogP contribution in [0.4, 0.5) is 0 Å². The first-order chi connectivity index (χ1) is 13.4. The van der Waals surface area contributed by atoms with E-state index in [1.807, 2.05) is 0 Å². The predicted octanol–water partition coefficient (Wildman–Crippen LogP) is 2.30. The van der Waals surface area contributed by atoms with Gasteiger partial charge in [0, 0.05) is 19.3 Å². The van der Waals surface area contributed by atoms with Crippen LogP contribution in [0.3, 0.4) is 0 Å². The van der Waals surface area contributed by atoms with Gasteiger partial charge in [0.15, 0.2) is 0 Å². The Morgan fingerprint density at radius 1 is 1.11 bits per heavy atom. The van der Waals surface area contributed by atoms with E-state index in [0.29, 0.717) is 30.1 Å². The maximum Gasteiger partial charge on any atom is 0.280 e. The van der Waals surface area contributed by atoms with Crippen LogP contribution >= 0.6 is 0 Å². The minimum atomic E-state index is -3.53. The quantitative estimate of drug-likeness (QED) is 0.736. The molecule has 0 bridgehead atoms. The van der Waals surface area contributed by atoms with Crippen molar-refractivity contribution in [1.82, 2.24) is 14.2 Å². The molecule has 0 spiro atoms. The van der Waals surface area contributed by atoms with Gasteiger partial charge in [-0.15, -0.1) is 0 Å². The summed E-state index contributed by atoms with van der Waals surface area (Å²) in [6, 6.07) is 9.58. The summed E-state index contributed by atoms with van der Waals surface area (Å²) in [5, 5.41) is 0. The molecule has 2 aromatic rings. The molecule has 7 nitrogen and oxygen atoms in total. The maximum absolute atomic E-state index is 12.8. The summed E-state index contributed by atoms with van der Waals surface area (Å²) < 4.78 is 27.2. The average molecular weight is 399 g/mol. The molecule has 2 amide bonds. The highest BCUT2D eigenvalue weighted by molar-refractivity contribution is 7.89. The molecule has 1 aromatic carbocycles. The van der Waals surface area contributed by atoms with Gasteiger partial charge in [-0.25, -0.2) is 8.42 Å². The number of hydrogen-bond donors (Lipinski definition) is 0. The second-order valence-electron chi connectivity index (χ2n) is 7.35. The second kappa shape index (κ2) is 7.10. The molecule has 2 aliphatic heterocycles. The Labute approximate surface area is 164 Å². The number of pyridine rings is 1. The van der Waals surface area contributed by atoms with E-state index >= 15 is 0 Å². The van der Waals surface area contributed by atoms with Gasteiger partial charge in [-0.1, -0.05) is 19.1 Å². The van der Waals surface area contributed by atoms with Crippen LogP contribution in [0, 0.1) is 5.92 Å². The molecule has 2 aliphatic rings. The molecule has 0 aliphatic carbocycles. The summed E-state index contributed by atoms with van der Waals surface area (Å²) in [5.74, 6) is -0.461. The first-order valence-electron chi connectivity index (χ1n) is 9.28. The molecule has 146 valence electrons. The first-order valence-corrected chi connectivity index (χ1v) is 10.7. The van der Waals surface area contributed by atoms with E-state index in [2.05, 4.69) is 11.9 Å².